The molecule has 3 heterocycles. The van der Waals surface area contributed by atoms with Gasteiger partial charge in [-0.3, -0.25) is 19.3 Å². The van der Waals surface area contributed by atoms with E-state index in [0.29, 0.717) is 17.0 Å². The Morgan fingerprint density at radius 1 is 1.05 bits per heavy atom. The highest BCUT2D eigenvalue weighted by molar-refractivity contribution is 7.09. The number of hydrogen-bond acceptors (Lipinski definition) is 7. The molecule has 3 amide bonds. The van der Waals surface area contributed by atoms with E-state index in [4.69, 9.17) is 4.74 Å². The molecule has 2 fully saturated rings. The molecule has 8 nitrogen and oxygen atoms in total. The highest BCUT2D eigenvalue weighted by Gasteiger charge is 2.74. The third-order valence-electron chi connectivity index (χ3n) is 7.85. The van der Waals surface area contributed by atoms with Gasteiger partial charge in [0.2, 0.25) is 11.8 Å². The van der Waals surface area contributed by atoms with Crippen LogP contribution in [0.2, 0.25) is 0 Å². The Kier molecular flexibility index (Phi) is 8.26. The van der Waals surface area contributed by atoms with Crippen LogP contribution in [-0.2, 0) is 24.5 Å². The van der Waals surface area contributed by atoms with Crippen LogP contribution in [0, 0.1) is 17.8 Å². The molecule has 0 spiro atoms. The molecule has 4 atom stereocenters. The first-order chi connectivity index (χ1) is 19.0. The fourth-order valence-electron chi connectivity index (χ4n) is 6.30. The number of rotatable bonds is 7. The van der Waals surface area contributed by atoms with Crippen molar-refractivity contribution in [3.63, 3.8) is 0 Å². The lowest BCUT2D eigenvalue weighted by Crippen LogP contribution is -2.61. The molecule has 1 aromatic heterocycles. The predicted octanol–water partition coefficient (Wildman–Crippen LogP) is 5.78. The lowest BCUT2D eigenvalue weighted by atomic mass is 9.75. The first-order valence-corrected chi connectivity index (χ1v) is 15.3. The van der Waals surface area contributed by atoms with E-state index in [1.807, 2.05) is 32.9 Å². The largest absolute Gasteiger partial charge is 0.458 e. The molecule has 0 N–H and O–H groups in total. The number of aromatic nitrogens is 1. The number of carbonyl (C=O) groups is 4. The number of fused-ring (bicyclic) bond motifs is 1. The fourth-order valence-corrected chi connectivity index (χ4v) is 7.08. The number of esters is 1. The number of ether oxygens (including phenoxy) is 1. The Hall–Kier alpha value is -3.07. The summed E-state index contributed by atoms with van der Waals surface area (Å²) in [6.07, 6.45) is 2.37. The number of likely N-dealkylation sites (tertiary alicyclic amines) is 2. The van der Waals surface area contributed by atoms with Crippen LogP contribution >= 0.6 is 11.3 Å². The molecule has 222 valence electrons. The maximum Gasteiger partial charge on any atom is 0.333 e. The molecule has 0 radical (unpaired) electrons. The van der Waals surface area contributed by atoms with Crippen LogP contribution in [0.3, 0.4) is 0 Å². The van der Waals surface area contributed by atoms with Gasteiger partial charge in [-0.15, -0.1) is 11.3 Å². The van der Waals surface area contributed by atoms with E-state index in [-0.39, 0.29) is 30.2 Å². The molecule has 0 aliphatic carbocycles. The maximum atomic E-state index is 14.7. The topological polar surface area (TPSA) is 96.9 Å². The van der Waals surface area contributed by atoms with E-state index in [2.05, 4.69) is 25.8 Å². The van der Waals surface area contributed by atoms with Crippen LogP contribution in [0.15, 0.2) is 35.8 Å². The van der Waals surface area contributed by atoms with Gasteiger partial charge in [0.1, 0.15) is 10.6 Å². The van der Waals surface area contributed by atoms with Crippen molar-refractivity contribution in [2.75, 3.05) is 6.54 Å². The SMILES string of the molecule is CCCN1C(=O)C2[C@H](C1=O)[C@H](c1nccs1)N(C(=O)c1ccc(C(C)(C)C)cc1)[C@]2(CC(C)C)C(=O)OC(C)(C)C. The van der Waals surface area contributed by atoms with E-state index in [9.17, 15) is 19.2 Å². The second kappa shape index (κ2) is 11.0. The molecule has 2 aliphatic rings. The predicted molar refractivity (Wildman–Crippen MR) is 158 cm³/mol. The Morgan fingerprint density at radius 3 is 2.17 bits per heavy atom. The normalized spacial score (nSPS) is 24.8. The minimum Gasteiger partial charge on any atom is -0.458 e. The lowest BCUT2D eigenvalue weighted by molar-refractivity contribution is -0.173. The van der Waals surface area contributed by atoms with E-state index < -0.39 is 46.8 Å². The van der Waals surface area contributed by atoms with Crippen molar-refractivity contribution in [2.24, 2.45) is 17.8 Å². The van der Waals surface area contributed by atoms with Gasteiger partial charge >= 0.3 is 5.97 Å². The third-order valence-corrected chi connectivity index (χ3v) is 8.69. The quantitative estimate of drug-likeness (QED) is 0.304. The first kappa shape index (κ1) is 30.9. The van der Waals surface area contributed by atoms with Crippen molar-refractivity contribution < 1.29 is 23.9 Å². The summed E-state index contributed by atoms with van der Waals surface area (Å²) in [4.78, 5) is 64.7. The molecule has 2 aliphatic heterocycles. The van der Waals surface area contributed by atoms with Crippen LogP contribution in [-0.4, -0.2) is 56.2 Å². The molecule has 41 heavy (non-hydrogen) atoms. The highest BCUT2D eigenvalue weighted by Crippen LogP contribution is 2.58. The van der Waals surface area contributed by atoms with Gasteiger partial charge in [-0.1, -0.05) is 53.7 Å². The summed E-state index contributed by atoms with van der Waals surface area (Å²) in [5.41, 5.74) is -1.26. The summed E-state index contributed by atoms with van der Waals surface area (Å²) in [5.74, 6) is -3.98. The van der Waals surface area contributed by atoms with Gasteiger partial charge in [0.15, 0.2) is 5.54 Å². The summed E-state index contributed by atoms with van der Waals surface area (Å²) in [5, 5.41) is 2.31. The van der Waals surface area contributed by atoms with Gasteiger partial charge in [-0.05, 0) is 62.6 Å². The lowest BCUT2D eigenvalue weighted by Gasteiger charge is -2.43. The summed E-state index contributed by atoms with van der Waals surface area (Å²) in [6, 6.07) is 6.47. The molecule has 1 unspecified atom stereocenters. The van der Waals surface area contributed by atoms with Crippen molar-refractivity contribution in [1.82, 2.24) is 14.8 Å². The average molecular weight is 582 g/mol. The molecule has 9 heteroatoms. The minimum atomic E-state index is -1.70. The molecule has 0 saturated carbocycles. The fraction of sp³-hybridized carbons (Fsp3) is 0.594. The van der Waals surface area contributed by atoms with Crippen LogP contribution in [0.25, 0.3) is 0 Å². The summed E-state index contributed by atoms with van der Waals surface area (Å²) in [6.45, 7) is 17.6. The minimum absolute atomic E-state index is 0.0973. The van der Waals surface area contributed by atoms with Crippen LogP contribution in [0.4, 0.5) is 0 Å². The molecule has 2 saturated heterocycles. The third kappa shape index (κ3) is 5.45. The number of benzene rings is 1. The molecule has 0 bridgehead atoms. The van der Waals surface area contributed by atoms with E-state index in [1.54, 1.807) is 44.5 Å². The Bertz CT molecular complexity index is 1310. The van der Waals surface area contributed by atoms with Gasteiger partial charge in [-0.2, -0.15) is 0 Å². The van der Waals surface area contributed by atoms with Crippen LogP contribution in [0.1, 0.15) is 102 Å². The number of amides is 3. The van der Waals surface area contributed by atoms with Crippen molar-refractivity contribution >= 4 is 35.0 Å². The summed E-state index contributed by atoms with van der Waals surface area (Å²) in [7, 11) is 0. The second-order valence-electron chi connectivity index (χ2n) is 13.7. The molecule has 1 aromatic carbocycles. The highest BCUT2D eigenvalue weighted by atomic mass is 32.1. The number of thiazole rings is 1. The van der Waals surface area contributed by atoms with E-state index in [1.165, 1.54) is 21.1 Å². The van der Waals surface area contributed by atoms with Crippen molar-refractivity contribution in [2.45, 2.75) is 97.8 Å². The number of imide groups is 1. The zero-order chi connectivity index (χ0) is 30.5. The maximum absolute atomic E-state index is 14.7. The average Bonchev–Trinajstić information content (AvgIpc) is 3.55. The monoisotopic (exact) mass is 581 g/mol. The molecular formula is C32H43N3O5S. The second-order valence-corrected chi connectivity index (χ2v) is 14.6. The van der Waals surface area contributed by atoms with Crippen molar-refractivity contribution in [3.8, 4) is 0 Å². The number of hydrogen-bond donors (Lipinski definition) is 0. The summed E-state index contributed by atoms with van der Waals surface area (Å²) >= 11 is 1.31. The van der Waals surface area contributed by atoms with E-state index in [0.717, 1.165) is 5.56 Å². The molecular weight excluding hydrogens is 538 g/mol. The Labute approximate surface area is 247 Å². The van der Waals surface area contributed by atoms with Gasteiger partial charge in [0.25, 0.3) is 5.91 Å². The smallest absolute Gasteiger partial charge is 0.333 e. The van der Waals surface area contributed by atoms with Gasteiger partial charge in [-0.25, -0.2) is 9.78 Å². The van der Waals surface area contributed by atoms with Gasteiger partial charge in [0, 0.05) is 23.7 Å². The Morgan fingerprint density at radius 2 is 1.68 bits per heavy atom. The van der Waals surface area contributed by atoms with Crippen LogP contribution in [0.5, 0.6) is 0 Å². The molecule has 2 aromatic rings. The van der Waals surface area contributed by atoms with Gasteiger partial charge < -0.3 is 9.64 Å². The molecule has 4 rings (SSSR count). The zero-order valence-corrected chi connectivity index (χ0v) is 26.5. The standard InChI is InChI=1S/C32H43N3O5S/c1-10-16-34-27(37)22-23(28(34)38)32(18-19(2)3,29(39)40-31(7,8)9)35(24(22)25-33-15-17-41-25)26(36)20-11-13-21(14-12-20)30(4,5)6/h11-15,17,19,22-24H,10,16,18H2,1-9H3/t22-,23?,24+,32-/m0/s1. The van der Waals surface area contributed by atoms with Gasteiger partial charge in [0.05, 0.1) is 17.9 Å². The van der Waals surface area contributed by atoms with Crippen LogP contribution < -0.4 is 0 Å². The first-order valence-electron chi connectivity index (χ1n) is 14.5. The van der Waals surface area contributed by atoms with Crippen molar-refractivity contribution in [3.05, 3.63) is 52.0 Å². The number of carbonyl (C=O) groups excluding carboxylic acids is 4. The van der Waals surface area contributed by atoms with Crippen molar-refractivity contribution in [1.29, 1.82) is 0 Å². The van der Waals surface area contributed by atoms with E-state index >= 15 is 0 Å². The Balaban J connectivity index is 2.00. The number of nitrogens with zero attached hydrogens (tertiary/aromatic N) is 3. The zero-order valence-electron chi connectivity index (χ0n) is 25.7. The summed E-state index contributed by atoms with van der Waals surface area (Å²) < 4.78 is 6.03.